The second-order valence-corrected chi connectivity index (χ2v) is 5.73. The van der Waals surface area contributed by atoms with Crippen molar-refractivity contribution < 1.29 is 4.74 Å². The highest BCUT2D eigenvalue weighted by Crippen LogP contribution is 2.18. The Kier molecular flexibility index (Phi) is 6.23. The molecule has 21 heavy (non-hydrogen) atoms. The van der Waals surface area contributed by atoms with Crippen molar-refractivity contribution in [2.45, 2.75) is 52.0 Å². The third-order valence-electron chi connectivity index (χ3n) is 3.93. The molecule has 0 aromatic carbocycles. The fourth-order valence-corrected chi connectivity index (χ4v) is 2.69. The van der Waals surface area contributed by atoms with Gasteiger partial charge >= 0.3 is 0 Å². The van der Waals surface area contributed by atoms with E-state index in [0.717, 1.165) is 31.0 Å². The quantitative estimate of drug-likeness (QED) is 0.837. The first-order valence-electron chi connectivity index (χ1n) is 8.17. The molecular weight excluding hydrogens is 264 g/mol. The van der Waals surface area contributed by atoms with Crippen molar-refractivity contribution in [3.63, 3.8) is 0 Å². The average molecular weight is 292 g/mol. The Balaban J connectivity index is 2.00. The minimum Gasteiger partial charge on any atom is -0.476 e. The molecule has 1 fully saturated rings. The summed E-state index contributed by atoms with van der Waals surface area (Å²) in [5.74, 6) is 2.43. The summed E-state index contributed by atoms with van der Waals surface area (Å²) in [6.45, 7) is 6.94. The van der Waals surface area contributed by atoms with Gasteiger partial charge in [-0.15, -0.1) is 0 Å². The monoisotopic (exact) mass is 292 g/mol. The Morgan fingerprint density at radius 3 is 2.90 bits per heavy atom. The number of rotatable bonds is 7. The molecule has 0 radical (unpaired) electrons. The number of nitrogens with zero attached hydrogens (tertiary/aromatic N) is 3. The van der Waals surface area contributed by atoms with Gasteiger partial charge in [0, 0.05) is 25.1 Å². The number of likely N-dealkylation sites (N-methyl/N-ethyl adjacent to an activating group) is 1. The van der Waals surface area contributed by atoms with Gasteiger partial charge in [0.25, 0.3) is 0 Å². The zero-order chi connectivity index (χ0) is 15.1. The Hall–Kier alpha value is -1.36. The van der Waals surface area contributed by atoms with Gasteiger partial charge in [0.1, 0.15) is 18.2 Å². The Morgan fingerprint density at radius 1 is 1.33 bits per heavy atom. The van der Waals surface area contributed by atoms with Crippen LogP contribution < -0.4 is 10.1 Å². The van der Waals surface area contributed by atoms with Crippen LogP contribution in [0.1, 0.15) is 45.4 Å². The second-order valence-electron chi connectivity index (χ2n) is 5.73. The van der Waals surface area contributed by atoms with Gasteiger partial charge in [-0.05, 0) is 39.8 Å². The summed E-state index contributed by atoms with van der Waals surface area (Å²) in [7, 11) is 2.18. The summed E-state index contributed by atoms with van der Waals surface area (Å²) < 4.78 is 5.96. The van der Waals surface area contributed by atoms with Crippen molar-refractivity contribution in [2.24, 2.45) is 0 Å². The third-order valence-corrected chi connectivity index (χ3v) is 3.93. The van der Waals surface area contributed by atoms with E-state index in [2.05, 4.69) is 41.1 Å². The minimum absolute atomic E-state index is 0.505. The number of piperidine rings is 1. The normalized spacial score (nSPS) is 19.5. The van der Waals surface area contributed by atoms with Crippen LogP contribution in [0.2, 0.25) is 0 Å². The highest BCUT2D eigenvalue weighted by molar-refractivity contribution is 5.38. The highest BCUT2D eigenvalue weighted by atomic mass is 16.5. The average Bonchev–Trinajstić information content (AvgIpc) is 2.47. The number of nitrogens with one attached hydrogen (secondary N) is 1. The molecule has 0 amide bonds. The summed E-state index contributed by atoms with van der Waals surface area (Å²) in [4.78, 5) is 11.4. The minimum atomic E-state index is 0.505. The van der Waals surface area contributed by atoms with Crippen LogP contribution in [0.15, 0.2) is 6.07 Å². The number of likely N-dealkylation sites (tertiary alicyclic amines) is 1. The zero-order valence-corrected chi connectivity index (χ0v) is 13.6. The maximum atomic E-state index is 5.96. The van der Waals surface area contributed by atoms with Gasteiger partial charge in [-0.1, -0.05) is 13.3 Å². The molecule has 118 valence electrons. The molecule has 1 unspecified atom stereocenters. The topological polar surface area (TPSA) is 50.3 Å². The largest absolute Gasteiger partial charge is 0.476 e. The van der Waals surface area contributed by atoms with Crippen molar-refractivity contribution in [3.8, 4) is 5.88 Å². The zero-order valence-electron chi connectivity index (χ0n) is 13.6. The molecule has 1 N–H and O–H groups in total. The van der Waals surface area contributed by atoms with E-state index in [0.29, 0.717) is 18.5 Å². The highest BCUT2D eigenvalue weighted by Gasteiger charge is 2.19. The van der Waals surface area contributed by atoms with Gasteiger partial charge in [0.2, 0.25) is 5.88 Å². The van der Waals surface area contributed by atoms with Crippen molar-refractivity contribution in [1.82, 2.24) is 14.9 Å². The Morgan fingerprint density at radius 2 is 2.19 bits per heavy atom. The molecule has 1 saturated heterocycles. The van der Waals surface area contributed by atoms with Gasteiger partial charge < -0.3 is 15.0 Å². The van der Waals surface area contributed by atoms with Crippen LogP contribution in [0, 0.1) is 0 Å². The van der Waals surface area contributed by atoms with Crippen molar-refractivity contribution in [3.05, 3.63) is 11.9 Å². The molecule has 5 nitrogen and oxygen atoms in total. The standard InChI is InChI=1S/C16H28N4O/c1-4-8-14-18-15(17-5-2)11-16(19-14)21-12-13-9-6-7-10-20(13)3/h11,13H,4-10,12H2,1-3H3,(H,17,18,19). The Bertz CT molecular complexity index is 414. The molecule has 0 spiro atoms. The fourth-order valence-electron chi connectivity index (χ4n) is 2.69. The van der Waals surface area contributed by atoms with Crippen LogP contribution in [0.5, 0.6) is 5.88 Å². The molecule has 5 heteroatoms. The predicted molar refractivity (Wildman–Crippen MR) is 86.0 cm³/mol. The fraction of sp³-hybridized carbons (Fsp3) is 0.750. The first-order chi connectivity index (χ1) is 10.2. The van der Waals surface area contributed by atoms with E-state index in [4.69, 9.17) is 4.74 Å². The summed E-state index contributed by atoms with van der Waals surface area (Å²) in [5.41, 5.74) is 0. The van der Waals surface area contributed by atoms with Crippen molar-refractivity contribution in [1.29, 1.82) is 0 Å². The predicted octanol–water partition coefficient (Wildman–Crippen LogP) is 2.72. The summed E-state index contributed by atoms with van der Waals surface area (Å²) in [6, 6.07) is 2.41. The van der Waals surface area contributed by atoms with Gasteiger partial charge in [-0.25, -0.2) is 4.98 Å². The van der Waals surface area contributed by atoms with E-state index in [-0.39, 0.29) is 0 Å². The molecule has 1 aromatic rings. The van der Waals surface area contributed by atoms with Gasteiger partial charge in [0.05, 0.1) is 0 Å². The van der Waals surface area contributed by atoms with Crippen LogP contribution in [0.25, 0.3) is 0 Å². The lowest BCUT2D eigenvalue weighted by Crippen LogP contribution is -2.40. The summed E-state index contributed by atoms with van der Waals surface area (Å²) in [5, 5.41) is 3.25. The number of hydrogen-bond donors (Lipinski definition) is 1. The number of ether oxygens (including phenoxy) is 1. The lowest BCUT2D eigenvalue weighted by Gasteiger charge is -2.32. The number of aromatic nitrogens is 2. The summed E-state index contributed by atoms with van der Waals surface area (Å²) >= 11 is 0. The van der Waals surface area contributed by atoms with Gasteiger partial charge in [-0.2, -0.15) is 4.98 Å². The molecule has 0 aliphatic carbocycles. The van der Waals surface area contributed by atoms with Crippen molar-refractivity contribution in [2.75, 3.05) is 32.1 Å². The van der Waals surface area contributed by atoms with Crippen molar-refractivity contribution >= 4 is 5.82 Å². The maximum Gasteiger partial charge on any atom is 0.218 e. The molecule has 1 aliphatic heterocycles. The van der Waals surface area contributed by atoms with Crippen LogP contribution in [-0.4, -0.2) is 47.7 Å². The van der Waals surface area contributed by atoms with Gasteiger partial charge in [-0.3, -0.25) is 0 Å². The molecule has 2 heterocycles. The maximum absolute atomic E-state index is 5.96. The smallest absolute Gasteiger partial charge is 0.218 e. The molecule has 0 bridgehead atoms. The van der Waals surface area contributed by atoms with E-state index in [1.165, 1.54) is 25.8 Å². The van der Waals surface area contributed by atoms with E-state index in [1.54, 1.807) is 0 Å². The first-order valence-corrected chi connectivity index (χ1v) is 8.17. The Labute approximate surface area is 128 Å². The molecule has 0 saturated carbocycles. The van der Waals surface area contributed by atoms with Crippen LogP contribution >= 0.6 is 0 Å². The van der Waals surface area contributed by atoms with E-state index >= 15 is 0 Å². The molecule has 1 atom stereocenters. The third kappa shape index (κ3) is 4.84. The lowest BCUT2D eigenvalue weighted by atomic mass is 10.0. The van der Waals surface area contributed by atoms with Crippen LogP contribution in [0.3, 0.4) is 0 Å². The van der Waals surface area contributed by atoms with Gasteiger partial charge in [0.15, 0.2) is 0 Å². The lowest BCUT2D eigenvalue weighted by molar-refractivity contribution is 0.122. The molecular formula is C16H28N4O. The first kappa shape index (κ1) is 16.0. The van der Waals surface area contributed by atoms with Crippen LogP contribution in [-0.2, 0) is 6.42 Å². The molecule has 1 aliphatic rings. The summed E-state index contributed by atoms with van der Waals surface area (Å²) in [6.07, 6.45) is 5.74. The van der Waals surface area contributed by atoms with E-state index < -0.39 is 0 Å². The number of aryl methyl sites for hydroxylation is 1. The van der Waals surface area contributed by atoms with E-state index in [9.17, 15) is 0 Å². The van der Waals surface area contributed by atoms with Crippen LogP contribution in [0.4, 0.5) is 5.82 Å². The molecule has 2 rings (SSSR count). The number of hydrogen-bond acceptors (Lipinski definition) is 5. The van der Waals surface area contributed by atoms with E-state index in [1.807, 2.05) is 6.07 Å². The second kappa shape index (κ2) is 8.17. The molecule has 1 aromatic heterocycles. The SMILES string of the molecule is CCCc1nc(NCC)cc(OCC2CCCCN2C)n1. The number of anilines is 1.